The van der Waals surface area contributed by atoms with Crippen LogP contribution in [0.15, 0.2) is 198 Å². The third-order valence-corrected chi connectivity index (χ3v) is 10.8. The third kappa shape index (κ3) is 5.18. The highest BCUT2D eigenvalue weighted by Crippen LogP contribution is 2.39. The summed E-state index contributed by atoms with van der Waals surface area (Å²) in [4.78, 5) is 13.9. The van der Waals surface area contributed by atoms with Crippen molar-refractivity contribution in [3.63, 3.8) is 0 Å². The lowest BCUT2D eigenvalue weighted by molar-refractivity contribution is 0.674. The minimum atomic E-state index is -0.313. The summed E-state index contributed by atoms with van der Waals surface area (Å²) in [7, 11) is 0. The van der Waals surface area contributed by atoms with Crippen molar-refractivity contribution in [3.8, 4) is 22.6 Å². The Morgan fingerprint density at radius 2 is 1.00 bits per heavy atom. The van der Waals surface area contributed by atoms with Crippen LogP contribution in [0, 0.1) is 0 Å². The van der Waals surface area contributed by atoms with Crippen molar-refractivity contribution in [2.24, 2.45) is 9.98 Å². The van der Waals surface area contributed by atoms with Gasteiger partial charge in [-0.3, -0.25) is 4.57 Å². The Morgan fingerprint density at radius 3 is 1.69 bits per heavy atom. The highest BCUT2D eigenvalue weighted by Gasteiger charge is 2.24. The van der Waals surface area contributed by atoms with E-state index in [0.717, 1.165) is 45.1 Å². The highest BCUT2D eigenvalue weighted by atomic mass is 15.2. The highest BCUT2D eigenvalue weighted by molar-refractivity contribution is 6.19. The molecule has 1 unspecified atom stereocenters. The number of nitrogens with one attached hydrogen (secondary N) is 2. The van der Waals surface area contributed by atoms with Gasteiger partial charge in [-0.25, -0.2) is 9.98 Å². The molecule has 1 aliphatic rings. The summed E-state index contributed by atoms with van der Waals surface area (Å²) < 4.78 is 4.72. The Balaban J connectivity index is 1.05. The van der Waals surface area contributed by atoms with Gasteiger partial charge in [0, 0.05) is 44.6 Å². The van der Waals surface area contributed by atoms with Gasteiger partial charge in [0.15, 0.2) is 5.84 Å². The summed E-state index contributed by atoms with van der Waals surface area (Å²) >= 11 is 0. The number of nitrogens with zero attached hydrogens (tertiary/aromatic N) is 4. The average Bonchev–Trinajstić information content (AvgIpc) is 3.96. The van der Waals surface area contributed by atoms with Crippen molar-refractivity contribution < 1.29 is 0 Å². The molecule has 0 bridgehead atoms. The summed E-state index contributed by atoms with van der Waals surface area (Å²) in [5, 5.41) is 8.56. The Labute approximate surface area is 317 Å². The van der Waals surface area contributed by atoms with E-state index in [1.165, 1.54) is 43.7 Å². The van der Waals surface area contributed by atoms with Gasteiger partial charge in [0.05, 0.1) is 22.1 Å². The van der Waals surface area contributed by atoms with E-state index in [9.17, 15) is 0 Å². The molecule has 11 rings (SSSR count). The normalized spacial score (nSPS) is 14.4. The molecule has 3 aromatic heterocycles. The third-order valence-electron chi connectivity index (χ3n) is 10.8. The van der Waals surface area contributed by atoms with Crippen molar-refractivity contribution in [2.45, 2.75) is 6.17 Å². The fourth-order valence-corrected chi connectivity index (χ4v) is 8.17. The van der Waals surface area contributed by atoms with Gasteiger partial charge in [-0.05, 0) is 59.2 Å². The Bertz CT molecular complexity index is 3090. The lowest BCUT2D eigenvalue weighted by atomic mass is 10.0. The van der Waals surface area contributed by atoms with E-state index in [1.807, 2.05) is 30.5 Å². The molecule has 7 aromatic carbocycles. The summed E-state index contributed by atoms with van der Waals surface area (Å²) in [6.45, 7) is 0. The lowest BCUT2D eigenvalue weighted by Gasteiger charge is -2.23. The number of rotatable bonds is 6. The molecule has 0 spiro atoms. The van der Waals surface area contributed by atoms with Crippen LogP contribution in [0.4, 0.5) is 0 Å². The first-order chi connectivity index (χ1) is 27.3. The molecule has 0 aliphatic carbocycles. The predicted molar refractivity (Wildman–Crippen MR) is 227 cm³/mol. The van der Waals surface area contributed by atoms with Gasteiger partial charge in [0.2, 0.25) is 0 Å². The van der Waals surface area contributed by atoms with Crippen molar-refractivity contribution in [1.29, 1.82) is 0 Å². The molecule has 260 valence electrons. The van der Waals surface area contributed by atoms with Crippen LogP contribution in [-0.4, -0.2) is 25.8 Å². The summed E-state index contributed by atoms with van der Waals surface area (Å²) in [5.41, 5.74) is 11.1. The van der Waals surface area contributed by atoms with E-state index in [1.54, 1.807) is 0 Å². The number of fused-ring (bicyclic) bond motifs is 6. The molecule has 4 heterocycles. The van der Waals surface area contributed by atoms with Crippen LogP contribution >= 0.6 is 0 Å². The Hall–Kier alpha value is -7.44. The molecule has 2 N–H and O–H groups in total. The molecular formula is C49H34N6. The van der Waals surface area contributed by atoms with Crippen LogP contribution in [-0.2, 0) is 0 Å². The van der Waals surface area contributed by atoms with Gasteiger partial charge in [0.25, 0.3) is 0 Å². The van der Waals surface area contributed by atoms with Crippen molar-refractivity contribution in [1.82, 2.24) is 19.4 Å². The van der Waals surface area contributed by atoms with Crippen LogP contribution in [0.25, 0.3) is 66.2 Å². The number of aromatic nitrogens is 3. The zero-order valence-corrected chi connectivity index (χ0v) is 29.8. The van der Waals surface area contributed by atoms with E-state index in [4.69, 9.17) is 9.98 Å². The molecule has 0 radical (unpaired) electrons. The van der Waals surface area contributed by atoms with E-state index in [2.05, 4.69) is 177 Å². The van der Waals surface area contributed by atoms with Crippen molar-refractivity contribution in [2.75, 3.05) is 0 Å². The van der Waals surface area contributed by atoms with Gasteiger partial charge in [-0.2, -0.15) is 0 Å². The van der Waals surface area contributed by atoms with E-state index in [0.29, 0.717) is 5.84 Å². The molecule has 0 saturated heterocycles. The average molecular weight is 707 g/mol. The fraction of sp³-hybridized carbons (Fsp3) is 0.0204. The number of aliphatic imine (C=N–C) groups is 2. The van der Waals surface area contributed by atoms with E-state index < -0.39 is 0 Å². The summed E-state index contributed by atoms with van der Waals surface area (Å²) in [6, 6.07) is 64.2. The van der Waals surface area contributed by atoms with Crippen LogP contribution in [0.2, 0.25) is 0 Å². The second-order valence-electron chi connectivity index (χ2n) is 14.0. The number of para-hydroxylation sites is 3. The number of benzene rings is 7. The van der Waals surface area contributed by atoms with Crippen LogP contribution in [0.1, 0.15) is 22.9 Å². The Kier molecular flexibility index (Phi) is 7.13. The summed E-state index contributed by atoms with van der Waals surface area (Å²) in [6.07, 6.45) is 1.73. The van der Waals surface area contributed by atoms with Crippen LogP contribution in [0.5, 0.6) is 0 Å². The van der Waals surface area contributed by atoms with Crippen molar-refractivity contribution in [3.05, 3.63) is 205 Å². The number of hydrogen-bond acceptors (Lipinski definition) is 3. The minimum Gasteiger partial charge on any atom is -0.347 e. The zero-order valence-electron chi connectivity index (χ0n) is 29.8. The molecule has 0 amide bonds. The minimum absolute atomic E-state index is 0.313. The zero-order chi connectivity index (χ0) is 36.3. The van der Waals surface area contributed by atoms with Crippen molar-refractivity contribution >= 4 is 55.3 Å². The van der Waals surface area contributed by atoms with Crippen LogP contribution in [0.3, 0.4) is 0 Å². The molecule has 1 atom stereocenters. The number of hydrogen-bond donors (Lipinski definition) is 2. The number of amidine groups is 2. The lowest BCUT2D eigenvalue weighted by Crippen LogP contribution is -2.33. The van der Waals surface area contributed by atoms with Crippen LogP contribution < -0.4 is 5.32 Å². The van der Waals surface area contributed by atoms with Gasteiger partial charge in [-0.1, -0.05) is 140 Å². The molecule has 6 heteroatoms. The maximum absolute atomic E-state index is 5.12. The molecular weight excluding hydrogens is 673 g/mol. The van der Waals surface area contributed by atoms with Gasteiger partial charge in [0.1, 0.15) is 17.8 Å². The SMILES string of the molecule is c1ccc(C2=NC(c3ccc(-c4ccccc4)cc3)NC(c3c[nH]c(-n4c5ccccc5c5cc6c7ccccc7n(-c7ccccc7)c6cc54)c3)=N2)cc1. The smallest absolute Gasteiger partial charge is 0.159 e. The van der Waals surface area contributed by atoms with Gasteiger partial charge < -0.3 is 14.9 Å². The maximum atomic E-state index is 5.12. The molecule has 0 saturated carbocycles. The number of aromatic amines is 1. The molecule has 1 aliphatic heterocycles. The predicted octanol–water partition coefficient (Wildman–Crippen LogP) is 11.4. The maximum Gasteiger partial charge on any atom is 0.159 e. The fourth-order valence-electron chi connectivity index (χ4n) is 8.17. The molecule has 55 heavy (non-hydrogen) atoms. The molecule has 0 fully saturated rings. The van der Waals surface area contributed by atoms with E-state index in [-0.39, 0.29) is 6.17 Å². The van der Waals surface area contributed by atoms with E-state index >= 15 is 0 Å². The standard InChI is InChI=1S/C49H34N6/c1-4-14-32(15-5-1)33-24-26-35(27-25-33)48-51-47(34-16-6-2-7-17-34)52-49(53-48)36-28-46(50-31-36)55-43-23-13-11-21-39(43)41-29-40-38-20-10-12-22-42(38)54(44(40)30-45(41)55)37-18-8-3-9-19-37/h1-31,48,50H,(H,51,52,53). The summed E-state index contributed by atoms with van der Waals surface area (Å²) in [5.74, 6) is 2.42. The largest absolute Gasteiger partial charge is 0.347 e. The quantitative estimate of drug-likeness (QED) is 0.178. The first-order valence-electron chi connectivity index (χ1n) is 18.6. The first kappa shape index (κ1) is 31.1. The van der Waals surface area contributed by atoms with Gasteiger partial charge >= 0.3 is 0 Å². The Morgan fingerprint density at radius 1 is 0.436 bits per heavy atom. The van der Waals surface area contributed by atoms with Gasteiger partial charge in [-0.15, -0.1) is 0 Å². The first-order valence-corrected chi connectivity index (χ1v) is 18.6. The topological polar surface area (TPSA) is 62.4 Å². The number of H-pyrrole nitrogens is 1. The second-order valence-corrected chi connectivity index (χ2v) is 14.0. The molecule has 6 nitrogen and oxygen atoms in total. The molecule has 10 aromatic rings. The second kappa shape index (κ2) is 12.6. The monoisotopic (exact) mass is 706 g/mol.